The molecule has 6 nitrogen and oxygen atoms in total. The van der Waals surface area contributed by atoms with Crippen LogP contribution in [-0.2, 0) is 22.5 Å². The molecule has 1 saturated carbocycles. The van der Waals surface area contributed by atoms with Crippen molar-refractivity contribution < 1.29 is 14.6 Å². The largest absolute Gasteiger partial charge is 0.481 e. The number of aromatic nitrogens is 3. The van der Waals surface area contributed by atoms with Crippen LogP contribution in [0.2, 0.25) is 0 Å². The number of hydrogen-bond donors (Lipinski definition) is 1. The summed E-state index contributed by atoms with van der Waals surface area (Å²) in [5.74, 6) is 0.157. The van der Waals surface area contributed by atoms with E-state index in [9.17, 15) is 4.79 Å². The minimum absolute atomic E-state index is 0.135. The SMILES string of the molecule is COCCn1cnnc1CC1(CC(=O)O)CCCC1. The van der Waals surface area contributed by atoms with Crippen LogP contribution < -0.4 is 0 Å². The molecule has 0 atom stereocenters. The van der Waals surface area contributed by atoms with E-state index in [1.165, 1.54) is 0 Å². The zero-order valence-corrected chi connectivity index (χ0v) is 11.3. The third kappa shape index (κ3) is 3.53. The molecule has 1 aliphatic rings. The zero-order chi connectivity index (χ0) is 13.7. The van der Waals surface area contributed by atoms with Gasteiger partial charge in [-0.3, -0.25) is 4.79 Å². The van der Waals surface area contributed by atoms with Gasteiger partial charge in [0.15, 0.2) is 0 Å². The molecule has 106 valence electrons. The van der Waals surface area contributed by atoms with Crippen molar-refractivity contribution in [1.29, 1.82) is 0 Å². The highest BCUT2D eigenvalue weighted by atomic mass is 16.5. The first-order chi connectivity index (χ1) is 9.15. The lowest BCUT2D eigenvalue weighted by Crippen LogP contribution is -2.26. The molecule has 0 aliphatic heterocycles. The minimum atomic E-state index is -0.718. The molecule has 0 spiro atoms. The summed E-state index contributed by atoms with van der Waals surface area (Å²) in [5, 5.41) is 17.2. The van der Waals surface area contributed by atoms with Gasteiger partial charge in [0.25, 0.3) is 0 Å². The fourth-order valence-corrected chi connectivity index (χ4v) is 2.99. The Morgan fingerprint density at radius 3 is 2.89 bits per heavy atom. The molecule has 2 rings (SSSR count). The Morgan fingerprint density at radius 1 is 1.53 bits per heavy atom. The Labute approximate surface area is 112 Å². The van der Waals surface area contributed by atoms with E-state index in [2.05, 4.69) is 10.2 Å². The number of carboxylic acids is 1. The van der Waals surface area contributed by atoms with Crippen molar-refractivity contribution in [2.45, 2.75) is 45.1 Å². The summed E-state index contributed by atoms with van der Waals surface area (Å²) in [4.78, 5) is 11.1. The van der Waals surface area contributed by atoms with Gasteiger partial charge in [-0.1, -0.05) is 12.8 Å². The van der Waals surface area contributed by atoms with Crippen LogP contribution in [0.1, 0.15) is 37.9 Å². The average Bonchev–Trinajstić information content (AvgIpc) is 2.96. The lowest BCUT2D eigenvalue weighted by Gasteiger charge is -2.26. The smallest absolute Gasteiger partial charge is 0.303 e. The second-order valence-electron chi connectivity index (χ2n) is 5.39. The van der Waals surface area contributed by atoms with Crippen LogP contribution in [0.15, 0.2) is 6.33 Å². The molecule has 1 aromatic heterocycles. The van der Waals surface area contributed by atoms with E-state index in [0.29, 0.717) is 19.6 Å². The number of ether oxygens (including phenoxy) is 1. The summed E-state index contributed by atoms with van der Waals surface area (Å²) in [6.07, 6.45) is 6.77. The number of nitrogens with zero attached hydrogens (tertiary/aromatic N) is 3. The van der Waals surface area contributed by atoms with Crippen molar-refractivity contribution in [3.8, 4) is 0 Å². The van der Waals surface area contributed by atoms with E-state index < -0.39 is 5.97 Å². The van der Waals surface area contributed by atoms with Gasteiger partial charge >= 0.3 is 5.97 Å². The van der Waals surface area contributed by atoms with Gasteiger partial charge in [0.1, 0.15) is 12.2 Å². The van der Waals surface area contributed by atoms with E-state index in [4.69, 9.17) is 9.84 Å². The Hall–Kier alpha value is -1.43. The molecule has 0 saturated heterocycles. The summed E-state index contributed by atoms with van der Waals surface area (Å²) in [6.45, 7) is 1.32. The van der Waals surface area contributed by atoms with Crippen molar-refractivity contribution in [1.82, 2.24) is 14.8 Å². The van der Waals surface area contributed by atoms with Gasteiger partial charge in [0.2, 0.25) is 0 Å². The summed E-state index contributed by atoms with van der Waals surface area (Å²) in [5.41, 5.74) is -0.135. The summed E-state index contributed by atoms with van der Waals surface area (Å²) >= 11 is 0. The van der Waals surface area contributed by atoms with Crippen LogP contribution in [0, 0.1) is 5.41 Å². The summed E-state index contributed by atoms with van der Waals surface area (Å²) < 4.78 is 7.02. The first-order valence-electron chi connectivity index (χ1n) is 6.73. The first kappa shape index (κ1) is 14.0. The van der Waals surface area contributed by atoms with Crippen LogP contribution in [0.3, 0.4) is 0 Å². The fourth-order valence-electron chi connectivity index (χ4n) is 2.99. The average molecular weight is 267 g/mol. The topological polar surface area (TPSA) is 77.2 Å². The number of aliphatic carboxylic acids is 1. The molecule has 1 fully saturated rings. The van der Waals surface area contributed by atoms with E-state index in [1.54, 1.807) is 13.4 Å². The maximum absolute atomic E-state index is 11.1. The van der Waals surface area contributed by atoms with E-state index in [-0.39, 0.29) is 11.8 Å². The molecule has 0 amide bonds. The molecule has 0 unspecified atom stereocenters. The second-order valence-corrected chi connectivity index (χ2v) is 5.39. The Balaban J connectivity index is 2.08. The zero-order valence-electron chi connectivity index (χ0n) is 11.3. The van der Waals surface area contributed by atoms with Crippen molar-refractivity contribution in [2.24, 2.45) is 5.41 Å². The van der Waals surface area contributed by atoms with Crippen molar-refractivity contribution >= 4 is 5.97 Å². The summed E-state index contributed by atoms with van der Waals surface area (Å²) in [7, 11) is 1.66. The Bertz CT molecular complexity index is 425. The minimum Gasteiger partial charge on any atom is -0.481 e. The van der Waals surface area contributed by atoms with Crippen LogP contribution in [0.5, 0.6) is 0 Å². The van der Waals surface area contributed by atoms with Crippen molar-refractivity contribution in [2.75, 3.05) is 13.7 Å². The van der Waals surface area contributed by atoms with Crippen LogP contribution >= 0.6 is 0 Å². The maximum atomic E-state index is 11.1. The normalized spacial score (nSPS) is 17.7. The highest BCUT2D eigenvalue weighted by molar-refractivity contribution is 5.67. The monoisotopic (exact) mass is 267 g/mol. The molecule has 19 heavy (non-hydrogen) atoms. The molecular formula is C13H21N3O3. The van der Waals surface area contributed by atoms with Gasteiger partial charge in [0.05, 0.1) is 13.0 Å². The Morgan fingerprint density at radius 2 is 2.26 bits per heavy atom. The van der Waals surface area contributed by atoms with Crippen molar-refractivity contribution in [3.05, 3.63) is 12.2 Å². The third-order valence-corrected chi connectivity index (χ3v) is 3.96. The number of methoxy groups -OCH3 is 1. The van der Waals surface area contributed by atoms with Crippen molar-refractivity contribution in [3.63, 3.8) is 0 Å². The van der Waals surface area contributed by atoms with E-state index in [0.717, 1.165) is 31.5 Å². The highest BCUT2D eigenvalue weighted by Crippen LogP contribution is 2.43. The number of carbonyl (C=O) groups is 1. The first-order valence-corrected chi connectivity index (χ1v) is 6.73. The van der Waals surface area contributed by atoms with Gasteiger partial charge in [-0.2, -0.15) is 0 Å². The predicted molar refractivity (Wildman–Crippen MR) is 68.8 cm³/mol. The molecule has 1 heterocycles. The standard InChI is InChI=1S/C13H21N3O3/c1-19-7-6-16-10-14-15-11(16)8-13(9-12(17)18)4-2-3-5-13/h10H,2-9H2,1H3,(H,17,18). The molecule has 1 aromatic rings. The molecule has 0 aromatic carbocycles. The highest BCUT2D eigenvalue weighted by Gasteiger charge is 2.37. The molecule has 0 radical (unpaired) electrons. The summed E-state index contributed by atoms with van der Waals surface area (Å²) in [6, 6.07) is 0. The van der Waals surface area contributed by atoms with Gasteiger partial charge < -0.3 is 14.4 Å². The molecule has 0 bridgehead atoms. The Kier molecular flexibility index (Phi) is 4.52. The lowest BCUT2D eigenvalue weighted by molar-refractivity contribution is -0.139. The van der Waals surface area contributed by atoms with E-state index in [1.807, 2.05) is 4.57 Å². The van der Waals surface area contributed by atoms with Crippen LogP contribution in [0.4, 0.5) is 0 Å². The van der Waals surface area contributed by atoms with Gasteiger partial charge in [-0.05, 0) is 18.3 Å². The lowest BCUT2D eigenvalue weighted by atomic mass is 9.79. The number of rotatable bonds is 7. The maximum Gasteiger partial charge on any atom is 0.303 e. The number of carboxylic acid groups (broad SMARTS) is 1. The van der Waals surface area contributed by atoms with Crippen LogP contribution in [-0.4, -0.2) is 39.6 Å². The quantitative estimate of drug-likeness (QED) is 0.810. The van der Waals surface area contributed by atoms with Gasteiger partial charge in [-0.15, -0.1) is 10.2 Å². The fraction of sp³-hybridized carbons (Fsp3) is 0.769. The molecule has 1 N–H and O–H groups in total. The molecule has 6 heteroatoms. The predicted octanol–water partition coefficient (Wildman–Crippen LogP) is 1.50. The van der Waals surface area contributed by atoms with Crippen LogP contribution in [0.25, 0.3) is 0 Å². The number of hydrogen-bond acceptors (Lipinski definition) is 4. The second kappa shape index (κ2) is 6.14. The molecular weight excluding hydrogens is 246 g/mol. The van der Waals surface area contributed by atoms with Gasteiger partial charge in [0, 0.05) is 20.1 Å². The van der Waals surface area contributed by atoms with Gasteiger partial charge in [-0.25, -0.2) is 0 Å². The third-order valence-electron chi connectivity index (χ3n) is 3.96. The molecule has 1 aliphatic carbocycles. The van der Waals surface area contributed by atoms with E-state index >= 15 is 0 Å².